The van der Waals surface area contributed by atoms with Gasteiger partial charge in [-0.25, -0.2) is 8.37 Å². The van der Waals surface area contributed by atoms with Crippen molar-refractivity contribution in [1.82, 2.24) is 0 Å². The fraction of sp³-hybridized carbons (Fsp3) is 1.00. The second-order valence-corrected chi connectivity index (χ2v) is 5.89. The number of hydrogen-bond acceptors (Lipinski definition) is 10. The highest BCUT2D eigenvalue weighted by molar-refractivity contribution is 7.81. The number of hydrogen-bond donors (Lipinski definition) is 5. The van der Waals surface area contributed by atoms with Crippen LogP contribution in [-0.4, -0.2) is 78.6 Å². The Morgan fingerprint density at radius 3 is 1.95 bits per heavy atom. The van der Waals surface area contributed by atoms with E-state index in [2.05, 4.69) is 13.1 Å². The summed E-state index contributed by atoms with van der Waals surface area (Å²) in [5, 5.41) is 28.3. The summed E-state index contributed by atoms with van der Waals surface area (Å²) >= 11 is 0. The first kappa shape index (κ1) is 17.6. The summed E-state index contributed by atoms with van der Waals surface area (Å²) < 4.78 is 71.0. The first-order valence-corrected chi connectivity index (χ1v) is 7.61. The van der Waals surface area contributed by atoms with Crippen molar-refractivity contribution < 1.29 is 54.4 Å². The molecule has 1 heterocycles. The SMILES string of the molecule is O=S(=O)(O)OC[C@H]1OC(O)[C@H](O)[C@@H](OS(=O)(=O)O)[C@@H]1O. The average molecular weight is 340 g/mol. The van der Waals surface area contributed by atoms with Crippen LogP contribution < -0.4 is 0 Å². The van der Waals surface area contributed by atoms with Gasteiger partial charge in [0.25, 0.3) is 0 Å². The van der Waals surface area contributed by atoms with Gasteiger partial charge in [0.15, 0.2) is 6.29 Å². The molecule has 0 aromatic carbocycles. The fourth-order valence-corrected chi connectivity index (χ4v) is 2.28. The van der Waals surface area contributed by atoms with Crippen molar-refractivity contribution in [2.45, 2.75) is 30.7 Å². The van der Waals surface area contributed by atoms with Gasteiger partial charge in [0.05, 0.1) is 6.61 Å². The van der Waals surface area contributed by atoms with Crippen molar-refractivity contribution in [2.24, 2.45) is 0 Å². The largest absolute Gasteiger partial charge is 0.397 e. The Kier molecular flexibility index (Phi) is 5.41. The maximum atomic E-state index is 10.5. The van der Waals surface area contributed by atoms with E-state index < -0.39 is 58.1 Å². The molecule has 0 aromatic rings. The minimum atomic E-state index is -5.07. The molecule has 0 bridgehead atoms. The normalized spacial score (nSPS) is 36.0. The van der Waals surface area contributed by atoms with Gasteiger partial charge in [-0.15, -0.1) is 0 Å². The molecule has 20 heavy (non-hydrogen) atoms. The van der Waals surface area contributed by atoms with Crippen LogP contribution in [-0.2, 0) is 33.9 Å². The molecular weight excluding hydrogens is 328 g/mol. The highest BCUT2D eigenvalue weighted by Gasteiger charge is 2.47. The number of rotatable bonds is 5. The molecule has 1 unspecified atom stereocenters. The highest BCUT2D eigenvalue weighted by Crippen LogP contribution is 2.24. The van der Waals surface area contributed by atoms with Gasteiger partial charge < -0.3 is 20.1 Å². The zero-order valence-corrected chi connectivity index (χ0v) is 11.1. The maximum absolute atomic E-state index is 10.5. The Balaban J connectivity index is 2.84. The Morgan fingerprint density at radius 2 is 1.50 bits per heavy atom. The molecule has 1 saturated heterocycles. The van der Waals surface area contributed by atoms with Gasteiger partial charge in [-0.1, -0.05) is 0 Å². The van der Waals surface area contributed by atoms with Crippen molar-refractivity contribution in [3.8, 4) is 0 Å². The molecule has 1 aliphatic rings. The van der Waals surface area contributed by atoms with Crippen molar-refractivity contribution in [2.75, 3.05) is 6.61 Å². The van der Waals surface area contributed by atoms with Crippen LogP contribution in [0.15, 0.2) is 0 Å². The topological polar surface area (TPSA) is 197 Å². The number of ether oxygens (including phenoxy) is 1. The summed E-state index contributed by atoms with van der Waals surface area (Å²) in [5.41, 5.74) is 0. The van der Waals surface area contributed by atoms with Crippen molar-refractivity contribution >= 4 is 20.8 Å². The van der Waals surface area contributed by atoms with E-state index in [1.54, 1.807) is 0 Å². The molecular formula is C6H12O12S2. The standard InChI is InChI=1S/C6H12O12S2/c7-3-2(1-16-19(10,11)12)17-6(9)4(8)5(3)18-20(13,14)15/h2-9H,1H2,(H,10,11,12)(H,13,14,15)/t2-,3-,4-,5+,6?/m1/s1. The van der Waals surface area contributed by atoms with Crippen LogP contribution in [0.1, 0.15) is 0 Å². The van der Waals surface area contributed by atoms with E-state index in [1.807, 2.05) is 0 Å². The van der Waals surface area contributed by atoms with Gasteiger partial charge in [0.1, 0.15) is 24.4 Å². The summed E-state index contributed by atoms with van der Waals surface area (Å²) in [6.07, 6.45) is -9.79. The maximum Gasteiger partial charge on any atom is 0.397 e. The molecule has 0 aromatic heterocycles. The molecule has 12 nitrogen and oxygen atoms in total. The molecule has 1 aliphatic heterocycles. The lowest BCUT2D eigenvalue weighted by molar-refractivity contribution is -0.280. The van der Waals surface area contributed by atoms with Gasteiger partial charge in [-0.2, -0.15) is 16.8 Å². The molecule has 14 heteroatoms. The van der Waals surface area contributed by atoms with Crippen LogP contribution in [0.5, 0.6) is 0 Å². The summed E-state index contributed by atoms with van der Waals surface area (Å²) in [6, 6.07) is 0. The van der Waals surface area contributed by atoms with E-state index in [0.29, 0.717) is 0 Å². The Morgan fingerprint density at radius 1 is 0.950 bits per heavy atom. The van der Waals surface area contributed by atoms with Crippen LogP contribution in [0.25, 0.3) is 0 Å². The minimum absolute atomic E-state index is 1.00. The molecule has 120 valence electrons. The smallest absolute Gasteiger partial charge is 0.387 e. The molecule has 1 rings (SSSR count). The average Bonchev–Trinajstić information content (AvgIpc) is 2.25. The summed E-state index contributed by atoms with van der Waals surface area (Å²) in [6.45, 7) is -1.00. The monoisotopic (exact) mass is 340 g/mol. The van der Waals surface area contributed by atoms with E-state index >= 15 is 0 Å². The zero-order valence-electron chi connectivity index (χ0n) is 9.50. The zero-order chi connectivity index (χ0) is 15.7. The van der Waals surface area contributed by atoms with Gasteiger partial charge in [-0.05, 0) is 0 Å². The van der Waals surface area contributed by atoms with E-state index in [0.717, 1.165) is 0 Å². The molecule has 0 spiro atoms. The van der Waals surface area contributed by atoms with Crippen molar-refractivity contribution in [3.05, 3.63) is 0 Å². The Bertz CT molecular complexity index is 524. The van der Waals surface area contributed by atoms with Crippen LogP contribution in [0.4, 0.5) is 0 Å². The predicted molar refractivity (Wildman–Crippen MR) is 56.8 cm³/mol. The second-order valence-electron chi connectivity index (χ2n) is 3.75. The molecule has 0 aliphatic carbocycles. The van der Waals surface area contributed by atoms with E-state index in [4.69, 9.17) is 9.11 Å². The van der Waals surface area contributed by atoms with Crippen LogP contribution in [0.2, 0.25) is 0 Å². The second kappa shape index (κ2) is 6.14. The summed E-state index contributed by atoms with van der Waals surface area (Å²) in [4.78, 5) is 0. The first-order chi connectivity index (χ1) is 8.91. The third-order valence-corrected chi connectivity index (χ3v) is 3.17. The molecule has 0 saturated carbocycles. The summed E-state index contributed by atoms with van der Waals surface area (Å²) in [7, 11) is -9.95. The van der Waals surface area contributed by atoms with Gasteiger partial charge in [-0.3, -0.25) is 9.11 Å². The van der Waals surface area contributed by atoms with Gasteiger partial charge in [0.2, 0.25) is 0 Å². The minimum Gasteiger partial charge on any atom is -0.387 e. The predicted octanol–water partition coefficient (Wildman–Crippen LogP) is -3.57. The van der Waals surface area contributed by atoms with Gasteiger partial charge in [0, 0.05) is 0 Å². The lowest BCUT2D eigenvalue weighted by Gasteiger charge is -2.39. The molecule has 0 amide bonds. The molecule has 0 radical (unpaired) electrons. The highest BCUT2D eigenvalue weighted by atomic mass is 32.3. The molecule has 1 fully saturated rings. The van der Waals surface area contributed by atoms with Crippen LogP contribution in [0.3, 0.4) is 0 Å². The van der Waals surface area contributed by atoms with E-state index in [9.17, 15) is 32.2 Å². The van der Waals surface area contributed by atoms with E-state index in [1.165, 1.54) is 0 Å². The van der Waals surface area contributed by atoms with Crippen LogP contribution >= 0.6 is 0 Å². The number of aliphatic hydroxyl groups excluding tert-OH is 3. The lowest BCUT2D eigenvalue weighted by atomic mass is 9.99. The Hall–Kier alpha value is -0.420. The summed E-state index contributed by atoms with van der Waals surface area (Å²) in [5.74, 6) is 0. The fourth-order valence-electron chi connectivity index (χ4n) is 1.46. The molecule has 5 atom stereocenters. The Labute approximate surface area is 113 Å². The third kappa shape index (κ3) is 5.17. The van der Waals surface area contributed by atoms with Crippen LogP contribution in [0, 0.1) is 0 Å². The molecule has 5 N–H and O–H groups in total. The lowest BCUT2D eigenvalue weighted by Crippen LogP contribution is -2.60. The van der Waals surface area contributed by atoms with Crippen molar-refractivity contribution in [3.63, 3.8) is 0 Å². The first-order valence-electron chi connectivity index (χ1n) is 4.88. The van der Waals surface area contributed by atoms with Crippen molar-refractivity contribution in [1.29, 1.82) is 0 Å². The quantitative estimate of drug-likeness (QED) is 0.309. The van der Waals surface area contributed by atoms with E-state index in [-0.39, 0.29) is 0 Å². The van der Waals surface area contributed by atoms with Gasteiger partial charge >= 0.3 is 20.8 Å². The number of aliphatic hydroxyl groups is 3. The third-order valence-electron chi connectivity index (χ3n) is 2.27.